The molecule has 16 heavy (non-hydrogen) atoms. The minimum atomic E-state index is 0.712. The molecule has 0 radical (unpaired) electrons. The van der Waals surface area contributed by atoms with Gasteiger partial charge in [0.25, 0.3) is 0 Å². The second-order valence-electron chi connectivity index (χ2n) is 4.49. The van der Waals surface area contributed by atoms with E-state index in [0.29, 0.717) is 6.04 Å². The van der Waals surface area contributed by atoms with Crippen molar-refractivity contribution in [3.05, 3.63) is 18.0 Å². The molecule has 1 heterocycles. The minimum absolute atomic E-state index is 0.712. The van der Waals surface area contributed by atoms with Crippen LogP contribution in [-0.2, 0) is 13.6 Å². The number of nitrogens with zero attached hydrogens (tertiary/aromatic N) is 2. The second kappa shape index (κ2) is 5.73. The molecule has 1 saturated carbocycles. The topological polar surface area (TPSA) is 29.9 Å². The lowest BCUT2D eigenvalue weighted by Crippen LogP contribution is -2.25. The van der Waals surface area contributed by atoms with Crippen LogP contribution in [0, 0.1) is 0 Å². The summed E-state index contributed by atoms with van der Waals surface area (Å²) in [5.74, 6) is 1.25. The van der Waals surface area contributed by atoms with Crippen molar-refractivity contribution in [2.24, 2.45) is 7.05 Å². The predicted molar refractivity (Wildman–Crippen MR) is 69.6 cm³/mol. The molecular weight excluding hydrogens is 218 g/mol. The van der Waals surface area contributed by atoms with Crippen LogP contribution in [-0.4, -0.2) is 26.8 Å². The van der Waals surface area contributed by atoms with Gasteiger partial charge in [0.15, 0.2) is 0 Å². The van der Waals surface area contributed by atoms with Crippen LogP contribution in [0.3, 0.4) is 0 Å². The third kappa shape index (κ3) is 3.25. The number of rotatable bonds is 5. The molecule has 1 aliphatic rings. The zero-order valence-corrected chi connectivity index (χ0v) is 11.0. The van der Waals surface area contributed by atoms with E-state index in [2.05, 4.69) is 35.3 Å². The molecule has 2 rings (SSSR count). The molecule has 0 bridgehead atoms. The number of aryl methyl sites for hydroxylation is 1. The smallest absolute Gasteiger partial charge is 0.0534 e. The number of nitrogens with one attached hydrogen (secondary N) is 1. The van der Waals surface area contributed by atoms with E-state index in [0.717, 1.165) is 11.8 Å². The Morgan fingerprint density at radius 3 is 3.12 bits per heavy atom. The molecule has 90 valence electrons. The van der Waals surface area contributed by atoms with E-state index in [9.17, 15) is 0 Å². The van der Waals surface area contributed by atoms with E-state index < -0.39 is 0 Å². The molecule has 2 atom stereocenters. The molecule has 0 aliphatic heterocycles. The monoisotopic (exact) mass is 239 g/mol. The lowest BCUT2D eigenvalue weighted by molar-refractivity contribution is 0.525. The Kier molecular flexibility index (Phi) is 4.29. The first-order chi connectivity index (χ1) is 7.78. The predicted octanol–water partition coefficient (Wildman–Crippen LogP) is 2.18. The molecule has 3 nitrogen and oxygen atoms in total. The van der Waals surface area contributed by atoms with Crippen molar-refractivity contribution in [3.8, 4) is 0 Å². The molecule has 4 heteroatoms. The van der Waals surface area contributed by atoms with Crippen molar-refractivity contribution in [3.63, 3.8) is 0 Å². The Morgan fingerprint density at radius 2 is 2.44 bits per heavy atom. The molecule has 0 amide bonds. The van der Waals surface area contributed by atoms with Gasteiger partial charge in [-0.2, -0.15) is 16.9 Å². The normalized spacial score (nSPS) is 25.1. The van der Waals surface area contributed by atoms with Gasteiger partial charge in [0.1, 0.15) is 0 Å². The summed E-state index contributed by atoms with van der Waals surface area (Å²) >= 11 is 2.11. The first-order valence-corrected chi connectivity index (χ1v) is 7.15. The zero-order valence-electron chi connectivity index (χ0n) is 10.1. The van der Waals surface area contributed by atoms with E-state index in [1.165, 1.54) is 30.6 Å². The summed E-state index contributed by atoms with van der Waals surface area (Å²) in [7, 11) is 1.97. The Hall–Kier alpha value is -0.480. The molecule has 1 aliphatic carbocycles. The van der Waals surface area contributed by atoms with E-state index >= 15 is 0 Å². The van der Waals surface area contributed by atoms with Crippen LogP contribution in [0.25, 0.3) is 0 Å². The van der Waals surface area contributed by atoms with Gasteiger partial charge >= 0.3 is 0 Å². The van der Waals surface area contributed by atoms with E-state index in [1.807, 2.05) is 17.9 Å². The molecule has 1 aromatic rings. The highest BCUT2D eigenvalue weighted by Crippen LogP contribution is 2.29. The summed E-state index contributed by atoms with van der Waals surface area (Å²) in [6.45, 7) is 3.21. The van der Waals surface area contributed by atoms with Crippen LogP contribution in [0.2, 0.25) is 0 Å². The first kappa shape index (κ1) is 12.0. The highest BCUT2D eigenvalue weighted by molar-refractivity contribution is 7.99. The highest BCUT2D eigenvalue weighted by atomic mass is 32.2. The third-order valence-corrected chi connectivity index (χ3v) is 4.37. The Labute approximate surface area is 102 Å². The fourth-order valence-electron chi connectivity index (χ4n) is 2.34. The lowest BCUT2D eigenvalue weighted by Gasteiger charge is -2.11. The van der Waals surface area contributed by atoms with Crippen LogP contribution < -0.4 is 5.32 Å². The van der Waals surface area contributed by atoms with Gasteiger partial charge in [-0.1, -0.05) is 6.92 Å². The number of aromatic nitrogens is 2. The van der Waals surface area contributed by atoms with Crippen molar-refractivity contribution in [1.82, 2.24) is 15.1 Å². The summed E-state index contributed by atoms with van der Waals surface area (Å²) in [6, 6.07) is 0.712. The average Bonchev–Trinajstić information content (AvgIpc) is 2.85. The summed E-state index contributed by atoms with van der Waals surface area (Å²) in [5, 5.41) is 8.70. The summed E-state index contributed by atoms with van der Waals surface area (Å²) in [5.41, 5.74) is 1.29. The second-order valence-corrected chi connectivity index (χ2v) is 6.07. The van der Waals surface area contributed by atoms with Gasteiger partial charge < -0.3 is 5.32 Å². The standard InChI is InChI=1S/C12H21N3S/c1-3-16-12-5-4-11(6-12)13-7-10-8-14-15(2)9-10/h8-9,11-13H,3-7H2,1-2H3. The van der Waals surface area contributed by atoms with Crippen LogP contribution in [0.5, 0.6) is 0 Å². The van der Waals surface area contributed by atoms with Crippen molar-refractivity contribution >= 4 is 11.8 Å². The van der Waals surface area contributed by atoms with E-state index in [1.54, 1.807) is 0 Å². The highest BCUT2D eigenvalue weighted by Gasteiger charge is 2.23. The van der Waals surface area contributed by atoms with Gasteiger partial charge in [0.2, 0.25) is 0 Å². The fourth-order valence-corrected chi connectivity index (χ4v) is 3.48. The molecule has 0 aromatic carbocycles. The summed E-state index contributed by atoms with van der Waals surface area (Å²) in [6.07, 6.45) is 8.07. The van der Waals surface area contributed by atoms with Crippen molar-refractivity contribution < 1.29 is 0 Å². The van der Waals surface area contributed by atoms with Crippen molar-refractivity contribution in [2.45, 2.75) is 44.0 Å². The molecular formula is C12H21N3S. The number of thioether (sulfide) groups is 1. The molecule has 2 unspecified atom stereocenters. The molecule has 1 aromatic heterocycles. The quantitative estimate of drug-likeness (QED) is 0.854. The van der Waals surface area contributed by atoms with Gasteiger partial charge in [-0.15, -0.1) is 0 Å². The van der Waals surface area contributed by atoms with Crippen LogP contribution in [0.15, 0.2) is 12.4 Å². The third-order valence-electron chi connectivity index (χ3n) is 3.14. The fraction of sp³-hybridized carbons (Fsp3) is 0.750. The maximum absolute atomic E-state index is 4.18. The largest absolute Gasteiger partial charge is 0.310 e. The number of hydrogen-bond donors (Lipinski definition) is 1. The molecule has 1 fully saturated rings. The number of hydrogen-bond acceptors (Lipinski definition) is 3. The Bertz CT molecular complexity index is 324. The average molecular weight is 239 g/mol. The Balaban J connectivity index is 1.71. The van der Waals surface area contributed by atoms with E-state index in [4.69, 9.17) is 0 Å². The minimum Gasteiger partial charge on any atom is -0.310 e. The van der Waals surface area contributed by atoms with Crippen molar-refractivity contribution in [1.29, 1.82) is 0 Å². The first-order valence-electron chi connectivity index (χ1n) is 6.10. The van der Waals surface area contributed by atoms with Gasteiger partial charge in [0.05, 0.1) is 6.20 Å². The molecule has 0 spiro atoms. The van der Waals surface area contributed by atoms with Gasteiger partial charge in [-0.3, -0.25) is 4.68 Å². The Morgan fingerprint density at radius 1 is 1.56 bits per heavy atom. The molecule has 1 N–H and O–H groups in total. The van der Waals surface area contributed by atoms with Gasteiger partial charge in [0, 0.05) is 36.6 Å². The maximum Gasteiger partial charge on any atom is 0.0534 e. The van der Waals surface area contributed by atoms with Crippen LogP contribution >= 0.6 is 11.8 Å². The molecule has 0 saturated heterocycles. The van der Waals surface area contributed by atoms with Crippen molar-refractivity contribution in [2.75, 3.05) is 5.75 Å². The lowest BCUT2D eigenvalue weighted by atomic mass is 10.2. The maximum atomic E-state index is 4.18. The van der Waals surface area contributed by atoms with Crippen LogP contribution in [0.4, 0.5) is 0 Å². The van der Waals surface area contributed by atoms with Gasteiger partial charge in [-0.25, -0.2) is 0 Å². The zero-order chi connectivity index (χ0) is 11.4. The SMILES string of the molecule is CCSC1CCC(NCc2cnn(C)c2)C1. The van der Waals surface area contributed by atoms with Crippen LogP contribution in [0.1, 0.15) is 31.7 Å². The van der Waals surface area contributed by atoms with E-state index in [-0.39, 0.29) is 0 Å². The summed E-state index contributed by atoms with van der Waals surface area (Å²) in [4.78, 5) is 0. The van der Waals surface area contributed by atoms with Gasteiger partial charge in [-0.05, 0) is 25.0 Å². The summed E-state index contributed by atoms with van der Waals surface area (Å²) < 4.78 is 1.86.